The zero-order valence-electron chi connectivity index (χ0n) is 11.8. The van der Waals surface area contributed by atoms with Crippen LogP contribution in [0.3, 0.4) is 0 Å². The second-order valence-corrected chi connectivity index (χ2v) is 4.83. The Morgan fingerprint density at radius 1 is 1.40 bits per heavy atom. The van der Waals surface area contributed by atoms with Gasteiger partial charge in [0.15, 0.2) is 0 Å². The number of hydrogen-bond acceptors (Lipinski definition) is 3. The fourth-order valence-electron chi connectivity index (χ4n) is 1.87. The van der Waals surface area contributed by atoms with Crippen LogP contribution >= 0.6 is 0 Å². The van der Waals surface area contributed by atoms with E-state index in [1.807, 2.05) is 16.9 Å². The molecule has 0 aliphatic carbocycles. The molecule has 2 N–H and O–H groups in total. The second kappa shape index (κ2) is 6.52. The van der Waals surface area contributed by atoms with Gasteiger partial charge in [-0.1, -0.05) is 6.92 Å². The van der Waals surface area contributed by atoms with Crippen LogP contribution in [-0.4, -0.2) is 9.78 Å². The van der Waals surface area contributed by atoms with Gasteiger partial charge in [0.1, 0.15) is 18.2 Å². The van der Waals surface area contributed by atoms with Crippen molar-refractivity contribution in [1.82, 2.24) is 9.78 Å². The zero-order valence-corrected chi connectivity index (χ0v) is 11.8. The van der Waals surface area contributed by atoms with Gasteiger partial charge in [-0.15, -0.1) is 0 Å². The first-order chi connectivity index (χ1) is 9.62. The van der Waals surface area contributed by atoms with E-state index in [2.05, 4.69) is 18.9 Å². The van der Waals surface area contributed by atoms with Crippen LogP contribution in [0.2, 0.25) is 0 Å². The fraction of sp³-hybridized carbons (Fsp3) is 0.400. The molecular formula is C15H20FN3O. The molecular weight excluding hydrogens is 257 g/mol. The van der Waals surface area contributed by atoms with E-state index >= 15 is 0 Å². The van der Waals surface area contributed by atoms with E-state index in [1.165, 1.54) is 12.1 Å². The molecule has 20 heavy (non-hydrogen) atoms. The third-order valence-corrected chi connectivity index (χ3v) is 3.26. The van der Waals surface area contributed by atoms with E-state index in [9.17, 15) is 4.39 Å². The summed E-state index contributed by atoms with van der Waals surface area (Å²) in [6.07, 6.45) is 2.95. The summed E-state index contributed by atoms with van der Waals surface area (Å²) in [5.41, 5.74) is 7.05. The van der Waals surface area contributed by atoms with Crippen LogP contribution in [0.4, 0.5) is 4.39 Å². The van der Waals surface area contributed by atoms with Crippen LogP contribution in [0.25, 0.3) is 0 Å². The van der Waals surface area contributed by atoms with Gasteiger partial charge in [-0.2, -0.15) is 5.10 Å². The predicted octanol–water partition coefficient (Wildman–Crippen LogP) is 3.03. The molecule has 4 nitrogen and oxygen atoms in total. The molecule has 0 fully saturated rings. The molecule has 1 atom stereocenters. The summed E-state index contributed by atoms with van der Waals surface area (Å²) in [7, 11) is 0. The second-order valence-electron chi connectivity index (χ2n) is 4.83. The number of aromatic nitrogens is 2. The van der Waals surface area contributed by atoms with E-state index < -0.39 is 0 Å². The standard InChI is InChI=1S/C15H20FN3O/c1-3-11(2)19-5-4-14(18-19)10-20-15-7-12(9-17)6-13(16)8-15/h4-8,11H,3,9-10,17H2,1-2H3. The summed E-state index contributed by atoms with van der Waals surface area (Å²) in [4.78, 5) is 0. The molecule has 0 saturated carbocycles. The Morgan fingerprint density at radius 3 is 2.90 bits per heavy atom. The summed E-state index contributed by atoms with van der Waals surface area (Å²) < 4.78 is 20.8. The Hall–Kier alpha value is -1.88. The van der Waals surface area contributed by atoms with Crippen molar-refractivity contribution >= 4 is 0 Å². The smallest absolute Gasteiger partial charge is 0.132 e. The molecule has 108 valence electrons. The summed E-state index contributed by atoms with van der Waals surface area (Å²) in [5.74, 6) is 0.136. The third-order valence-electron chi connectivity index (χ3n) is 3.26. The first-order valence-corrected chi connectivity index (χ1v) is 6.78. The predicted molar refractivity (Wildman–Crippen MR) is 75.9 cm³/mol. The number of nitrogens with two attached hydrogens (primary N) is 1. The minimum Gasteiger partial charge on any atom is -0.487 e. The molecule has 0 spiro atoms. The van der Waals surface area contributed by atoms with Crippen molar-refractivity contribution in [3.63, 3.8) is 0 Å². The number of hydrogen-bond donors (Lipinski definition) is 1. The first kappa shape index (κ1) is 14.5. The summed E-state index contributed by atoms with van der Waals surface area (Å²) in [5, 5.41) is 4.43. The maximum Gasteiger partial charge on any atom is 0.132 e. The lowest BCUT2D eigenvalue weighted by molar-refractivity contribution is 0.296. The highest BCUT2D eigenvalue weighted by atomic mass is 19.1. The molecule has 5 heteroatoms. The Labute approximate surface area is 118 Å². The van der Waals surface area contributed by atoms with Crippen molar-refractivity contribution in [1.29, 1.82) is 0 Å². The number of nitrogens with zero attached hydrogens (tertiary/aromatic N) is 2. The van der Waals surface area contributed by atoms with Crippen LogP contribution < -0.4 is 10.5 Å². The molecule has 2 aromatic rings. The number of rotatable bonds is 6. The topological polar surface area (TPSA) is 53.1 Å². The van der Waals surface area contributed by atoms with E-state index in [4.69, 9.17) is 10.5 Å². The lowest BCUT2D eigenvalue weighted by atomic mass is 10.2. The highest BCUT2D eigenvalue weighted by molar-refractivity contribution is 5.29. The molecule has 1 unspecified atom stereocenters. The average molecular weight is 277 g/mol. The molecule has 0 amide bonds. The molecule has 0 bridgehead atoms. The van der Waals surface area contributed by atoms with Crippen molar-refractivity contribution in [2.75, 3.05) is 0 Å². The SMILES string of the molecule is CCC(C)n1ccc(COc2cc(F)cc(CN)c2)n1. The normalized spacial score (nSPS) is 12.4. The lowest BCUT2D eigenvalue weighted by Crippen LogP contribution is -2.06. The van der Waals surface area contributed by atoms with Crippen LogP contribution in [0.5, 0.6) is 5.75 Å². The maximum absolute atomic E-state index is 13.3. The van der Waals surface area contributed by atoms with Gasteiger partial charge in [0, 0.05) is 24.8 Å². The summed E-state index contributed by atoms with van der Waals surface area (Å²) >= 11 is 0. The Kier molecular flexibility index (Phi) is 4.74. The molecule has 1 aromatic carbocycles. The average Bonchev–Trinajstić information content (AvgIpc) is 2.92. The van der Waals surface area contributed by atoms with Crippen LogP contribution in [-0.2, 0) is 13.2 Å². The molecule has 2 rings (SSSR count). The van der Waals surface area contributed by atoms with Crippen LogP contribution in [0.15, 0.2) is 30.5 Å². The Bertz CT molecular complexity index is 568. The number of halogens is 1. The minimum absolute atomic E-state index is 0.288. The minimum atomic E-state index is -0.340. The molecule has 0 aliphatic heterocycles. The molecule has 1 aromatic heterocycles. The Balaban J connectivity index is 2.01. The third kappa shape index (κ3) is 3.57. The van der Waals surface area contributed by atoms with Gasteiger partial charge >= 0.3 is 0 Å². The fourth-order valence-corrected chi connectivity index (χ4v) is 1.87. The van der Waals surface area contributed by atoms with Crippen LogP contribution in [0.1, 0.15) is 37.6 Å². The molecule has 1 heterocycles. The summed E-state index contributed by atoms with van der Waals surface area (Å²) in [6, 6.07) is 6.78. The summed E-state index contributed by atoms with van der Waals surface area (Å²) in [6.45, 7) is 4.83. The largest absolute Gasteiger partial charge is 0.487 e. The Morgan fingerprint density at radius 2 is 2.20 bits per heavy atom. The number of ether oxygens (including phenoxy) is 1. The van der Waals surface area contributed by atoms with Gasteiger partial charge in [0.25, 0.3) is 0 Å². The van der Waals surface area contributed by atoms with Crippen molar-refractivity contribution in [2.45, 2.75) is 39.5 Å². The quantitative estimate of drug-likeness (QED) is 0.883. The van der Waals surface area contributed by atoms with Crippen molar-refractivity contribution < 1.29 is 9.13 Å². The monoisotopic (exact) mass is 277 g/mol. The highest BCUT2D eigenvalue weighted by Crippen LogP contribution is 2.18. The maximum atomic E-state index is 13.3. The van der Waals surface area contributed by atoms with E-state index in [0.717, 1.165) is 12.1 Å². The highest BCUT2D eigenvalue weighted by Gasteiger charge is 2.06. The van der Waals surface area contributed by atoms with Gasteiger partial charge in [-0.05, 0) is 37.1 Å². The lowest BCUT2D eigenvalue weighted by Gasteiger charge is -2.09. The molecule has 0 aliphatic rings. The van der Waals surface area contributed by atoms with Gasteiger partial charge in [0.05, 0.1) is 5.69 Å². The van der Waals surface area contributed by atoms with Gasteiger partial charge in [-0.25, -0.2) is 4.39 Å². The van der Waals surface area contributed by atoms with Gasteiger partial charge in [-0.3, -0.25) is 4.68 Å². The van der Waals surface area contributed by atoms with Crippen LogP contribution in [0, 0.1) is 5.82 Å². The van der Waals surface area contributed by atoms with E-state index in [1.54, 1.807) is 6.07 Å². The van der Waals surface area contributed by atoms with Crippen molar-refractivity contribution in [3.05, 3.63) is 47.5 Å². The molecule has 0 radical (unpaired) electrons. The van der Waals surface area contributed by atoms with Gasteiger partial charge < -0.3 is 10.5 Å². The van der Waals surface area contributed by atoms with E-state index in [-0.39, 0.29) is 12.4 Å². The van der Waals surface area contributed by atoms with E-state index in [0.29, 0.717) is 24.0 Å². The number of benzene rings is 1. The molecule has 0 saturated heterocycles. The van der Waals surface area contributed by atoms with Crippen molar-refractivity contribution in [3.8, 4) is 5.75 Å². The zero-order chi connectivity index (χ0) is 14.5. The van der Waals surface area contributed by atoms with Crippen molar-refractivity contribution in [2.24, 2.45) is 5.73 Å². The van der Waals surface area contributed by atoms with Gasteiger partial charge in [0.2, 0.25) is 0 Å². The first-order valence-electron chi connectivity index (χ1n) is 6.78.